The zero-order chi connectivity index (χ0) is 20.6. The molecule has 8 nitrogen and oxygen atoms in total. The number of carbonyl (C=O) groups is 2. The number of aromatic nitrogens is 1. The SMILES string of the molecule is CCOC(=O)C1=NOC(CCCCN(C(=O)OC(C)(C)C)c2ccccn2)C1. The van der Waals surface area contributed by atoms with Gasteiger partial charge >= 0.3 is 12.1 Å². The van der Waals surface area contributed by atoms with Crippen LogP contribution >= 0.6 is 0 Å². The van der Waals surface area contributed by atoms with Crippen LogP contribution in [-0.4, -0.2) is 47.6 Å². The Balaban J connectivity index is 1.82. The Hall–Kier alpha value is -2.64. The van der Waals surface area contributed by atoms with Gasteiger partial charge in [0.1, 0.15) is 17.5 Å². The predicted molar refractivity (Wildman–Crippen MR) is 105 cm³/mol. The van der Waals surface area contributed by atoms with Crippen LogP contribution in [0.5, 0.6) is 0 Å². The Kier molecular flexibility index (Phi) is 7.78. The molecule has 28 heavy (non-hydrogen) atoms. The number of esters is 1. The molecule has 0 fully saturated rings. The topological polar surface area (TPSA) is 90.3 Å². The highest BCUT2D eigenvalue weighted by atomic mass is 16.6. The number of pyridine rings is 1. The van der Waals surface area contributed by atoms with E-state index in [0.29, 0.717) is 31.1 Å². The Morgan fingerprint density at radius 1 is 1.29 bits per heavy atom. The van der Waals surface area contributed by atoms with E-state index >= 15 is 0 Å². The Labute approximate surface area is 165 Å². The van der Waals surface area contributed by atoms with Crippen molar-refractivity contribution >= 4 is 23.6 Å². The molecule has 0 aromatic carbocycles. The van der Waals surface area contributed by atoms with Gasteiger partial charge in [-0.25, -0.2) is 14.6 Å². The van der Waals surface area contributed by atoms with E-state index in [1.165, 1.54) is 0 Å². The van der Waals surface area contributed by atoms with E-state index in [2.05, 4.69) is 10.1 Å². The highest BCUT2D eigenvalue weighted by Crippen LogP contribution is 2.20. The molecule has 0 spiro atoms. The molecular formula is C20H29N3O5. The lowest BCUT2D eigenvalue weighted by molar-refractivity contribution is -0.135. The molecule has 1 aromatic rings. The fourth-order valence-electron chi connectivity index (χ4n) is 2.69. The fourth-order valence-corrected chi connectivity index (χ4v) is 2.69. The van der Waals surface area contributed by atoms with Crippen LogP contribution in [0, 0.1) is 0 Å². The third kappa shape index (κ3) is 6.83. The molecule has 8 heteroatoms. The van der Waals surface area contributed by atoms with Gasteiger partial charge < -0.3 is 14.3 Å². The molecule has 154 valence electrons. The molecule has 2 heterocycles. The predicted octanol–water partition coefficient (Wildman–Crippen LogP) is 3.70. The maximum atomic E-state index is 12.6. The highest BCUT2D eigenvalue weighted by molar-refractivity contribution is 6.36. The number of hydrogen-bond acceptors (Lipinski definition) is 7. The van der Waals surface area contributed by atoms with E-state index in [1.54, 1.807) is 30.2 Å². The first-order chi connectivity index (χ1) is 13.3. The molecule has 0 aliphatic carbocycles. The second-order valence-corrected chi connectivity index (χ2v) is 7.51. The minimum Gasteiger partial charge on any atom is -0.461 e. The van der Waals surface area contributed by atoms with Crippen molar-refractivity contribution in [3.63, 3.8) is 0 Å². The van der Waals surface area contributed by atoms with E-state index in [-0.39, 0.29) is 6.10 Å². The van der Waals surface area contributed by atoms with Crippen molar-refractivity contribution in [2.75, 3.05) is 18.1 Å². The van der Waals surface area contributed by atoms with Crippen LogP contribution in [0.25, 0.3) is 0 Å². The molecule has 1 aliphatic rings. The lowest BCUT2D eigenvalue weighted by atomic mass is 10.1. The van der Waals surface area contributed by atoms with Gasteiger partial charge in [-0.3, -0.25) is 4.90 Å². The lowest BCUT2D eigenvalue weighted by Crippen LogP contribution is -2.38. The molecule has 0 saturated carbocycles. The Bertz CT molecular complexity index is 685. The molecule has 1 aromatic heterocycles. The molecular weight excluding hydrogens is 362 g/mol. The number of unbranched alkanes of at least 4 members (excludes halogenated alkanes) is 1. The third-order valence-electron chi connectivity index (χ3n) is 3.94. The first-order valence-corrected chi connectivity index (χ1v) is 9.61. The molecule has 1 amide bonds. The Morgan fingerprint density at radius 2 is 2.07 bits per heavy atom. The van der Waals surface area contributed by atoms with Crippen LogP contribution < -0.4 is 4.90 Å². The van der Waals surface area contributed by atoms with Gasteiger partial charge in [-0.15, -0.1) is 0 Å². The third-order valence-corrected chi connectivity index (χ3v) is 3.94. The van der Waals surface area contributed by atoms with Crippen molar-refractivity contribution in [1.29, 1.82) is 0 Å². The maximum Gasteiger partial charge on any atom is 0.416 e. The average Bonchev–Trinajstić information content (AvgIpc) is 3.10. The van der Waals surface area contributed by atoms with Gasteiger partial charge in [-0.05, 0) is 59.1 Å². The van der Waals surface area contributed by atoms with Crippen LogP contribution in [-0.2, 0) is 19.1 Å². The normalized spacial score (nSPS) is 16.1. The molecule has 0 bridgehead atoms. The molecule has 2 rings (SSSR count). The van der Waals surface area contributed by atoms with Crippen LogP contribution in [0.15, 0.2) is 29.6 Å². The first-order valence-electron chi connectivity index (χ1n) is 9.61. The van der Waals surface area contributed by atoms with E-state index in [1.807, 2.05) is 26.8 Å². The summed E-state index contributed by atoms with van der Waals surface area (Å²) in [5.74, 6) is 0.137. The minimum atomic E-state index is -0.581. The van der Waals surface area contributed by atoms with E-state index < -0.39 is 17.7 Å². The minimum absolute atomic E-state index is 0.135. The zero-order valence-corrected chi connectivity index (χ0v) is 17.0. The molecule has 1 aliphatic heterocycles. The van der Waals surface area contributed by atoms with Crippen LogP contribution in [0.2, 0.25) is 0 Å². The largest absolute Gasteiger partial charge is 0.461 e. The second kappa shape index (κ2) is 10.1. The summed E-state index contributed by atoms with van der Waals surface area (Å²) < 4.78 is 10.4. The quantitative estimate of drug-likeness (QED) is 0.496. The fraction of sp³-hybridized carbons (Fsp3) is 0.600. The molecule has 0 radical (unpaired) electrons. The molecule has 1 unspecified atom stereocenters. The number of rotatable bonds is 8. The molecule has 0 saturated heterocycles. The van der Waals surface area contributed by atoms with Crippen molar-refractivity contribution in [1.82, 2.24) is 4.98 Å². The standard InChI is InChI=1S/C20H29N3O5/c1-5-26-18(24)16-14-15(28-22-16)10-7-9-13-23(17-11-6-8-12-21-17)19(25)27-20(2,3)4/h6,8,11-12,15H,5,7,9-10,13-14H2,1-4H3. The summed E-state index contributed by atoms with van der Waals surface area (Å²) in [5.41, 5.74) is -0.251. The van der Waals surface area contributed by atoms with E-state index in [0.717, 1.165) is 19.3 Å². The maximum absolute atomic E-state index is 12.6. The van der Waals surface area contributed by atoms with Crippen molar-refractivity contribution in [3.8, 4) is 0 Å². The van der Waals surface area contributed by atoms with Crippen LogP contribution in [0.1, 0.15) is 53.4 Å². The second-order valence-electron chi connectivity index (χ2n) is 7.51. The first kappa shape index (κ1) is 21.7. The van der Waals surface area contributed by atoms with E-state index in [4.69, 9.17) is 14.3 Å². The number of ether oxygens (including phenoxy) is 2. The summed E-state index contributed by atoms with van der Waals surface area (Å²) in [6, 6.07) is 5.42. The summed E-state index contributed by atoms with van der Waals surface area (Å²) in [6.45, 7) is 8.05. The monoisotopic (exact) mass is 391 g/mol. The zero-order valence-electron chi connectivity index (χ0n) is 17.0. The van der Waals surface area contributed by atoms with Gasteiger partial charge in [0.05, 0.1) is 6.61 Å². The smallest absolute Gasteiger partial charge is 0.416 e. The summed E-state index contributed by atoms with van der Waals surface area (Å²) in [4.78, 5) is 35.3. The molecule has 0 N–H and O–H groups in total. The van der Waals surface area contributed by atoms with Crippen molar-refractivity contribution in [2.45, 2.75) is 65.1 Å². The highest BCUT2D eigenvalue weighted by Gasteiger charge is 2.27. The lowest BCUT2D eigenvalue weighted by Gasteiger charge is -2.26. The number of nitrogens with zero attached hydrogens (tertiary/aromatic N) is 3. The Morgan fingerprint density at radius 3 is 2.71 bits per heavy atom. The van der Waals surface area contributed by atoms with Crippen molar-refractivity contribution in [2.24, 2.45) is 5.16 Å². The number of oxime groups is 1. The number of amides is 1. The van der Waals surface area contributed by atoms with Gasteiger partial charge in [0.25, 0.3) is 0 Å². The van der Waals surface area contributed by atoms with E-state index in [9.17, 15) is 9.59 Å². The van der Waals surface area contributed by atoms with Crippen molar-refractivity contribution in [3.05, 3.63) is 24.4 Å². The van der Waals surface area contributed by atoms with Crippen LogP contribution in [0.4, 0.5) is 10.6 Å². The van der Waals surface area contributed by atoms with Crippen molar-refractivity contribution < 1.29 is 23.9 Å². The van der Waals surface area contributed by atoms with Gasteiger partial charge in [0.15, 0.2) is 5.71 Å². The van der Waals surface area contributed by atoms with Gasteiger partial charge in [0.2, 0.25) is 0 Å². The van der Waals surface area contributed by atoms with Gasteiger partial charge in [-0.2, -0.15) is 0 Å². The number of hydrogen-bond donors (Lipinski definition) is 0. The number of anilines is 1. The summed E-state index contributed by atoms with van der Waals surface area (Å²) >= 11 is 0. The molecule has 1 atom stereocenters. The summed E-state index contributed by atoms with van der Waals surface area (Å²) in [6.07, 6.45) is 3.83. The average molecular weight is 391 g/mol. The van der Waals surface area contributed by atoms with Crippen LogP contribution in [0.3, 0.4) is 0 Å². The summed E-state index contributed by atoms with van der Waals surface area (Å²) in [5, 5.41) is 3.81. The van der Waals surface area contributed by atoms with Gasteiger partial charge in [-0.1, -0.05) is 11.2 Å². The summed E-state index contributed by atoms with van der Waals surface area (Å²) in [7, 11) is 0. The van der Waals surface area contributed by atoms with Gasteiger partial charge in [0, 0.05) is 19.2 Å². The number of carbonyl (C=O) groups excluding carboxylic acids is 2.